The van der Waals surface area contributed by atoms with Crippen molar-refractivity contribution in [3.63, 3.8) is 0 Å². The van der Waals surface area contributed by atoms with Crippen molar-refractivity contribution < 1.29 is 29.3 Å². The molecule has 0 aliphatic rings. The largest absolute Gasteiger partial charge is 0.508 e. The lowest BCUT2D eigenvalue weighted by Crippen LogP contribution is -2.47. The first kappa shape index (κ1) is 16.3. The number of phenols is 1. The van der Waals surface area contributed by atoms with Crippen LogP contribution in [0.1, 0.15) is 6.42 Å². The number of amides is 2. The number of methoxy groups -OCH3 is 1. The van der Waals surface area contributed by atoms with Gasteiger partial charge in [-0.15, -0.1) is 0 Å². The van der Waals surface area contributed by atoms with E-state index in [1.807, 2.05) is 0 Å². The number of esters is 1. The Bertz CT molecular complexity index is 545. The maximum Gasteiger partial charge on any atom is 0.326 e. The van der Waals surface area contributed by atoms with Gasteiger partial charge in [0.05, 0.1) is 13.5 Å². The number of carboxylic acid groups (broad SMARTS) is 1. The lowest BCUT2D eigenvalue weighted by molar-refractivity contribution is -0.147. The molecule has 0 bridgehead atoms. The highest BCUT2D eigenvalue weighted by atomic mass is 16.5. The number of aromatic hydroxyl groups is 1. The highest BCUT2D eigenvalue weighted by Gasteiger charge is 2.25. The third kappa shape index (κ3) is 4.68. The second-order valence-electron chi connectivity index (χ2n) is 4.20. The monoisotopic (exact) mass is 296 g/mol. The van der Waals surface area contributed by atoms with E-state index in [-0.39, 0.29) is 5.75 Å². The van der Waals surface area contributed by atoms with Gasteiger partial charge in [0.15, 0.2) is 0 Å². The molecule has 0 heterocycles. The van der Waals surface area contributed by atoms with Crippen LogP contribution in [0.2, 0.25) is 0 Å². The Kier molecular flexibility index (Phi) is 5.53. The summed E-state index contributed by atoms with van der Waals surface area (Å²) in [6, 6.07) is 3.76. The van der Waals surface area contributed by atoms with Gasteiger partial charge in [-0.1, -0.05) is 6.07 Å². The minimum Gasteiger partial charge on any atom is -0.508 e. The molecule has 114 valence electrons. The van der Waals surface area contributed by atoms with Crippen LogP contribution in [0.5, 0.6) is 5.75 Å². The van der Waals surface area contributed by atoms with Gasteiger partial charge in [-0.25, -0.2) is 9.59 Å². The molecule has 21 heavy (non-hydrogen) atoms. The Morgan fingerprint density at radius 3 is 2.57 bits per heavy atom. The Morgan fingerprint density at radius 2 is 2.05 bits per heavy atom. The van der Waals surface area contributed by atoms with Gasteiger partial charge < -0.3 is 20.3 Å². The van der Waals surface area contributed by atoms with E-state index in [1.165, 1.54) is 25.2 Å². The number of carbonyl (C=O) groups is 3. The van der Waals surface area contributed by atoms with Crippen LogP contribution in [0.15, 0.2) is 24.3 Å². The minimum atomic E-state index is -1.40. The highest BCUT2D eigenvalue weighted by molar-refractivity contribution is 5.95. The summed E-state index contributed by atoms with van der Waals surface area (Å²) in [5.74, 6) is -2.13. The Labute approximate surface area is 120 Å². The summed E-state index contributed by atoms with van der Waals surface area (Å²) in [6.45, 7) is 0. The predicted molar refractivity (Wildman–Crippen MR) is 73.1 cm³/mol. The summed E-state index contributed by atoms with van der Waals surface area (Å²) in [6.07, 6.45) is -0.481. The molecule has 8 heteroatoms. The molecule has 2 amide bonds. The molecule has 0 unspecified atom stereocenters. The Hall–Kier alpha value is -2.77. The first-order valence-electron chi connectivity index (χ1n) is 5.98. The fourth-order valence-electron chi connectivity index (χ4n) is 1.51. The zero-order valence-electron chi connectivity index (χ0n) is 11.6. The van der Waals surface area contributed by atoms with Crippen LogP contribution in [-0.4, -0.2) is 48.4 Å². The molecule has 0 radical (unpaired) electrons. The van der Waals surface area contributed by atoms with Gasteiger partial charge in [0.25, 0.3) is 0 Å². The summed E-state index contributed by atoms with van der Waals surface area (Å²) in [4.78, 5) is 35.2. The average molecular weight is 296 g/mol. The molecular formula is C13H16N2O6. The van der Waals surface area contributed by atoms with Crippen LogP contribution < -0.4 is 10.2 Å². The molecule has 1 atom stereocenters. The maximum absolute atomic E-state index is 12.0. The van der Waals surface area contributed by atoms with Gasteiger partial charge in [0, 0.05) is 18.8 Å². The Balaban J connectivity index is 2.77. The molecule has 1 aromatic rings. The summed E-state index contributed by atoms with van der Waals surface area (Å²) in [5, 5.41) is 20.5. The predicted octanol–water partition coefficient (Wildman–Crippen LogP) is 0.554. The van der Waals surface area contributed by atoms with Crippen LogP contribution in [0.4, 0.5) is 10.5 Å². The van der Waals surface area contributed by atoms with E-state index in [0.29, 0.717) is 5.69 Å². The van der Waals surface area contributed by atoms with E-state index < -0.39 is 30.4 Å². The number of aliphatic carboxylic acids is 1. The second kappa shape index (κ2) is 7.13. The molecule has 1 rings (SSSR count). The SMILES string of the molecule is COC(=O)C[C@H](NC(=O)N(C)c1cccc(O)c1)C(=O)O. The van der Waals surface area contributed by atoms with E-state index in [2.05, 4.69) is 10.1 Å². The summed E-state index contributed by atoms with van der Waals surface area (Å²) >= 11 is 0. The van der Waals surface area contributed by atoms with Gasteiger partial charge in [-0.05, 0) is 12.1 Å². The van der Waals surface area contributed by atoms with Crippen molar-refractivity contribution in [1.82, 2.24) is 5.32 Å². The van der Waals surface area contributed by atoms with Crippen molar-refractivity contribution in [3.05, 3.63) is 24.3 Å². The summed E-state index contributed by atoms with van der Waals surface area (Å²) < 4.78 is 4.37. The zero-order chi connectivity index (χ0) is 16.0. The number of benzene rings is 1. The summed E-state index contributed by atoms with van der Waals surface area (Å²) in [5.41, 5.74) is 0.370. The lowest BCUT2D eigenvalue weighted by Gasteiger charge is -2.21. The van der Waals surface area contributed by atoms with E-state index in [0.717, 1.165) is 12.0 Å². The second-order valence-corrected chi connectivity index (χ2v) is 4.20. The number of ether oxygens (including phenoxy) is 1. The van der Waals surface area contributed by atoms with Crippen LogP contribution >= 0.6 is 0 Å². The number of nitrogens with one attached hydrogen (secondary N) is 1. The smallest absolute Gasteiger partial charge is 0.326 e. The van der Waals surface area contributed by atoms with E-state index in [1.54, 1.807) is 6.07 Å². The normalized spacial score (nSPS) is 11.3. The van der Waals surface area contributed by atoms with Gasteiger partial charge in [0.1, 0.15) is 11.8 Å². The quantitative estimate of drug-likeness (QED) is 0.683. The van der Waals surface area contributed by atoms with Crippen LogP contribution in [0, 0.1) is 0 Å². The van der Waals surface area contributed by atoms with Crippen LogP contribution in [0.25, 0.3) is 0 Å². The number of carbonyl (C=O) groups excluding carboxylic acids is 2. The van der Waals surface area contributed by atoms with Crippen molar-refractivity contribution in [1.29, 1.82) is 0 Å². The standard InChI is InChI=1S/C13H16N2O6/c1-15(8-4-3-5-9(16)6-8)13(20)14-10(12(18)19)7-11(17)21-2/h3-6,10,16H,7H2,1-2H3,(H,14,20)(H,18,19)/t10-/m0/s1. The first-order chi connectivity index (χ1) is 9.85. The van der Waals surface area contributed by atoms with E-state index in [4.69, 9.17) is 5.11 Å². The number of hydrogen-bond acceptors (Lipinski definition) is 5. The molecular weight excluding hydrogens is 280 g/mol. The molecule has 0 aliphatic heterocycles. The van der Waals surface area contributed by atoms with Crippen molar-refractivity contribution in [2.45, 2.75) is 12.5 Å². The van der Waals surface area contributed by atoms with E-state index >= 15 is 0 Å². The molecule has 0 aliphatic carbocycles. The van der Waals surface area contributed by atoms with Crippen molar-refractivity contribution >= 4 is 23.7 Å². The Morgan fingerprint density at radius 1 is 1.38 bits per heavy atom. The van der Waals surface area contributed by atoms with Crippen LogP contribution in [-0.2, 0) is 14.3 Å². The van der Waals surface area contributed by atoms with Gasteiger partial charge >= 0.3 is 18.0 Å². The topological polar surface area (TPSA) is 116 Å². The fourth-order valence-corrected chi connectivity index (χ4v) is 1.51. The van der Waals surface area contributed by atoms with Crippen molar-refractivity contribution in [3.8, 4) is 5.75 Å². The fraction of sp³-hybridized carbons (Fsp3) is 0.308. The number of carboxylic acids is 1. The average Bonchev–Trinajstić information content (AvgIpc) is 2.45. The molecule has 0 saturated carbocycles. The number of hydrogen-bond donors (Lipinski definition) is 3. The molecule has 0 aromatic heterocycles. The number of nitrogens with zero attached hydrogens (tertiary/aromatic N) is 1. The van der Waals surface area contributed by atoms with Gasteiger partial charge in [0.2, 0.25) is 0 Å². The number of urea groups is 1. The zero-order valence-corrected chi connectivity index (χ0v) is 11.6. The van der Waals surface area contributed by atoms with Crippen LogP contribution in [0.3, 0.4) is 0 Å². The molecule has 8 nitrogen and oxygen atoms in total. The highest BCUT2D eigenvalue weighted by Crippen LogP contribution is 2.18. The molecule has 0 fully saturated rings. The van der Waals surface area contributed by atoms with Crippen molar-refractivity contribution in [2.24, 2.45) is 0 Å². The molecule has 0 spiro atoms. The minimum absolute atomic E-state index is 0.0310. The van der Waals surface area contributed by atoms with Crippen molar-refractivity contribution in [2.75, 3.05) is 19.1 Å². The first-order valence-corrected chi connectivity index (χ1v) is 5.98. The third-order valence-corrected chi connectivity index (χ3v) is 2.72. The van der Waals surface area contributed by atoms with E-state index in [9.17, 15) is 19.5 Å². The molecule has 1 aromatic carbocycles. The lowest BCUT2D eigenvalue weighted by atomic mass is 10.2. The molecule has 0 saturated heterocycles. The molecule has 3 N–H and O–H groups in total. The summed E-state index contributed by atoms with van der Waals surface area (Å²) in [7, 11) is 2.53. The maximum atomic E-state index is 12.0. The number of anilines is 1. The number of rotatable bonds is 5. The van der Waals surface area contributed by atoms with Gasteiger partial charge in [-0.2, -0.15) is 0 Å². The number of phenolic OH excluding ortho intramolecular Hbond substituents is 1. The van der Waals surface area contributed by atoms with Gasteiger partial charge in [-0.3, -0.25) is 9.69 Å². The third-order valence-electron chi connectivity index (χ3n) is 2.72.